The van der Waals surface area contributed by atoms with Crippen molar-refractivity contribution in [2.45, 2.75) is 0 Å². The maximum absolute atomic E-state index is 12.4. The highest BCUT2D eigenvalue weighted by atomic mass is 35.5. The summed E-state index contributed by atoms with van der Waals surface area (Å²) < 4.78 is 5.51. The minimum atomic E-state index is -0.144. The lowest BCUT2D eigenvalue weighted by atomic mass is 10.2. The molecule has 0 spiro atoms. The second-order valence-electron chi connectivity index (χ2n) is 6.58. The Morgan fingerprint density at radius 3 is 2.48 bits per heavy atom. The van der Waals surface area contributed by atoms with E-state index in [-0.39, 0.29) is 25.0 Å². The van der Waals surface area contributed by atoms with E-state index >= 15 is 0 Å². The van der Waals surface area contributed by atoms with Crippen LogP contribution in [0.4, 0.5) is 5.69 Å². The van der Waals surface area contributed by atoms with E-state index in [1.807, 2.05) is 17.0 Å². The number of piperazine rings is 1. The van der Waals surface area contributed by atoms with E-state index in [0.717, 1.165) is 0 Å². The SMILES string of the molecule is N#Cc1ccccc1OCC(=O)N1CCN(CC(=O)Nc2ccccc2Cl)CC1. The number of benzene rings is 2. The average molecular weight is 413 g/mol. The molecule has 150 valence electrons. The van der Waals surface area contributed by atoms with Gasteiger partial charge in [-0.1, -0.05) is 35.9 Å². The summed E-state index contributed by atoms with van der Waals surface area (Å²) in [5, 5.41) is 12.4. The largest absolute Gasteiger partial charge is 0.482 e. The molecule has 7 nitrogen and oxygen atoms in total. The number of carbonyl (C=O) groups excluding carboxylic acids is 2. The predicted molar refractivity (Wildman–Crippen MR) is 110 cm³/mol. The van der Waals surface area contributed by atoms with Gasteiger partial charge in [-0.3, -0.25) is 14.5 Å². The number of nitrogens with one attached hydrogen (secondary N) is 1. The maximum atomic E-state index is 12.4. The second-order valence-corrected chi connectivity index (χ2v) is 6.99. The minimum absolute atomic E-state index is 0.119. The summed E-state index contributed by atoms with van der Waals surface area (Å²) in [4.78, 5) is 28.3. The van der Waals surface area contributed by atoms with Crippen LogP contribution in [-0.4, -0.2) is 60.9 Å². The Morgan fingerprint density at radius 1 is 1.07 bits per heavy atom. The molecule has 1 aliphatic rings. The van der Waals surface area contributed by atoms with Crippen LogP contribution in [0.5, 0.6) is 5.75 Å². The van der Waals surface area contributed by atoms with Crippen molar-refractivity contribution in [1.82, 2.24) is 9.80 Å². The summed E-state index contributed by atoms with van der Waals surface area (Å²) in [5.41, 5.74) is 0.984. The van der Waals surface area contributed by atoms with Crippen molar-refractivity contribution in [1.29, 1.82) is 5.26 Å². The van der Waals surface area contributed by atoms with Crippen LogP contribution in [0.2, 0.25) is 5.02 Å². The lowest BCUT2D eigenvalue weighted by Gasteiger charge is -2.34. The summed E-state index contributed by atoms with van der Waals surface area (Å²) >= 11 is 6.06. The van der Waals surface area contributed by atoms with E-state index in [1.165, 1.54) is 0 Å². The molecule has 0 saturated carbocycles. The van der Waals surface area contributed by atoms with E-state index in [1.54, 1.807) is 47.4 Å². The molecule has 0 unspecified atom stereocenters. The topological polar surface area (TPSA) is 85.7 Å². The van der Waals surface area contributed by atoms with Gasteiger partial charge >= 0.3 is 0 Å². The number of nitrogens with zero attached hydrogens (tertiary/aromatic N) is 3. The zero-order valence-corrected chi connectivity index (χ0v) is 16.6. The molecule has 2 amide bonds. The highest BCUT2D eigenvalue weighted by molar-refractivity contribution is 6.33. The first kappa shape index (κ1) is 20.6. The lowest BCUT2D eigenvalue weighted by molar-refractivity contribution is -0.135. The summed E-state index contributed by atoms with van der Waals surface area (Å²) in [6.45, 7) is 2.33. The molecule has 1 N–H and O–H groups in total. The first-order chi connectivity index (χ1) is 14.1. The first-order valence-corrected chi connectivity index (χ1v) is 9.61. The number of para-hydroxylation sites is 2. The Hall–Kier alpha value is -3.08. The van der Waals surface area contributed by atoms with Crippen LogP contribution in [-0.2, 0) is 9.59 Å². The normalized spacial score (nSPS) is 14.1. The first-order valence-electron chi connectivity index (χ1n) is 9.23. The minimum Gasteiger partial charge on any atom is -0.482 e. The summed E-state index contributed by atoms with van der Waals surface area (Å²) in [6.07, 6.45) is 0. The molecule has 1 saturated heterocycles. The van der Waals surface area contributed by atoms with Gasteiger partial charge in [0.1, 0.15) is 11.8 Å². The van der Waals surface area contributed by atoms with Crippen molar-refractivity contribution < 1.29 is 14.3 Å². The smallest absolute Gasteiger partial charge is 0.260 e. The summed E-state index contributed by atoms with van der Waals surface area (Å²) in [6, 6.07) is 15.9. The molecule has 2 aromatic carbocycles. The van der Waals surface area contributed by atoms with E-state index in [9.17, 15) is 9.59 Å². The Kier molecular flexibility index (Phi) is 7.06. The molecule has 8 heteroatoms. The number of rotatable bonds is 6. The summed E-state index contributed by atoms with van der Waals surface area (Å²) in [5.74, 6) is 0.116. The number of anilines is 1. The standard InChI is InChI=1S/C21H21ClN4O3/c22-17-6-2-3-7-18(17)24-20(27)14-25-9-11-26(12-10-25)21(28)15-29-19-8-4-1-5-16(19)13-23/h1-8H,9-12,14-15H2,(H,24,27). The number of hydrogen-bond donors (Lipinski definition) is 1. The van der Waals surface area contributed by atoms with Crippen molar-refractivity contribution in [3.8, 4) is 11.8 Å². The van der Waals surface area contributed by atoms with Crippen molar-refractivity contribution in [3.63, 3.8) is 0 Å². The van der Waals surface area contributed by atoms with Crippen LogP contribution in [0.15, 0.2) is 48.5 Å². The third-order valence-electron chi connectivity index (χ3n) is 4.60. The van der Waals surface area contributed by atoms with Gasteiger partial charge in [-0.15, -0.1) is 0 Å². The number of amides is 2. The number of carbonyl (C=O) groups is 2. The number of halogens is 1. The van der Waals surface area contributed by atoms with Crippen LogP contribution in [0.25, 0.3) is 0 Å². The molecule has 0 bridgehead atoms. The van der Waals surface area contributed by atoms with Crippen LogP contribution in [0, 0.1) is 11.3 Å². The molecule has 0 radical (unpaired) electrons. The molecule has 2 aromatic rings. The zero-order chi connectivity index (χ0) is 20.6. The molecule has 1 aliphatic heterocycles. The van der Waals surface area contributed by atoms with E-state index in [2.05, 4.69) is 5.32 Å². The van der Waals surface area contributed by atoms with Crippen molar-refractivity contribution in [2.24, 2.45) is 0 Å². The lowest BCUT2D eigenvalue weighted by Crippen LogP contribution is -2.51. The Morgan fingerprint density at radius 2 is 1.76 bits per heavy atom. The van der Waals surface area contributed by atoms with Crippen LogP contribution in [0.1, 0.15) is 5.56 Å². The molecule has 0 atom stereocenters. The van der Waals surface area contributed by atoms with Crippen LogP contribution < -0.4 is 10.1 Å². The molecular formula is C21H21ClN4O3. The van der Waals surface area contributed by atoms with Gasteiger partial charge in [0.25, 0.3) is 5.91 Å². The van der Waals surface area contributed by atoms with Gasteiger partial charge in [-0.2, -0.15) is 5.26 Å². The fourth-order valence-corrected chi connectivity index (χ4v) is 3.21. The highest BCUT2D eigenvalue weighted by Crippen LogP contribution is 2.20. The fourth-order valence-electron chi connectivity index (χ4n) is 3.03. The van der Waals surface area contributed by atoms with Gasteiger partial charge in [0, 0.05) is 26.2 Å². The van der Waals surface area contributed by atoms with Crippen LogP contribution in [0.3, 0.4) is 0 Å². The number of hydrogen-bond acceptors (Lipinski definition) is 5. The van der Waals surface area contributed by atoms with Crippen molar-refractivity contribution >= 4 is 29.1 Å². The van der Waals surface area contributed by atoms with Crippen molar-refractivity contribution in [2.75, 3.05) is 44.6 Å². The second kappa shape index (κ2) is 9.92. The van der Waals surface area contributed by atoms with E-state index in [4.69, 9.17) is 21.6 Å². The Bertz CT molecular complexity index is 920. The molecular weight excluding hydrogens is 392 g/mol. The zero-order valence-electron chi connectivity index (χ0n) is 15.8. The average Bonchev–Trinajstić information content (AvgIpc) is 2.74. The highest BCUT2D eigenvalue weighted by Gasteiger charge is 2.23. The van der Waals surface area contributed by atoms with Gasteiger partial charge in [0.15, 0.2) is 6.61 Å². The fraction of sp³-hybridized carbons (Fsp3) is 0.286. The molecule has 1 heterocycles. The number of nitriles is 1. The van der Waals surface area contributed by atoms with Crippen molar-refractivity contribution in [3.05, 3.63) is 59.1 Å². The van der Waals surface area contributed by atoms with Crippen LogP contribution >= 0.6 is 11.6 Å². The molecule has 0 aliphatic carbocycles. The summed E-state index contributed by atoms with van der Waals surface area (Å²) in [7, 11) is 0. The van der Waals surface area contributed by atoms with Gasteiger partial charge in [-0.05, 0) is 24.3 Å². The molecule has 1 fully saturated rings. The van der Waals surface area contributed by atoms with Gasteiger partial charge in [0.05, 0.1) is 22.8 Å². The quantitative estimate of drug-likeness (QED) is 0.787. The third-order valence-corrected chi connectivity index (χ3v) is 4.93. The van der Waals surface area contributed by atoms with Gasteiger partial charge < -0.3 is 15.0 Å². The maximum Gasteiger partial charge on any atom is 0.260 e. The van der Waals surface area contributed by atoms with E-state index < -0.39 is 0 Å². The van der Waals surface area contributed by atoms with E-state index in [0.29, 0.717) is 48.2 Å². The predicted octanol–water partition coefficient (Wildman–Crippen LogP) is 2.37. The monoisotopic (exact) mass is 412 g/mol. The molecule has 0 aromatic heterocycles. The molecule has 3 rings (SSSR count). The van der Waals surface area contributed by atoms with Gasteiger partial charge in [-0.25, -0.2) is 0 Å². The molecule has 29 heavy (non-hydrogen) atoms. The third kappa shape index (κ3) is 5.70. The van der Waals surface area contributed by atoms with Gasteiger partial charge in [0.2, 0.25) is 5.91 Å². The Balaban J connectivity index is 1.43. The Labute approximate surface area is 174 Å². The number of ether oxygens (including phenoxy) is 1.